The molecule has 2 rings (SSSR count). The molecule has 0 spiro atoms. The van der Waals surface area contributed by atoms with Crippen LogP contribution in [0.1, 0.15) is 11.1 Å². The van der Waals surface area contributed by atoms with Crippen molar-refractivity contribution in [1.82, 2.24) is 4.90 Å². The van der Waals surface area contributed by atoms with Crippen molar-refractivity contribution >= 4 is 0 Å². The van der Waals surface area contributed by atoms with E-state index in [2.05, 4.69) is 10.8 Å². The maximum absolute atomic E-state index is 13.1. The molecule has 0 amide bonds. The molecule has 26 heavy (non-hydrogen) atoms. The molecule has 2 aromatic rings. The topological polar surface area (TPSA) is 41.9 Å². The quantitative estimate of drug-likeness (QED) is 0.524. The minimum absolute atomic E-state index is 0.163. The number of aliphatic hydroxyl groups excluding tert-OH is 1. The number of halogens is 1. The summed E-state index contributed by atoms with van der Waals surface area (Å²) in [4.78, 5) is 2.06. The van der Waals surface area contributed by atoms with Gasteiger partial charge in [-0.3, -0.25) is 4.90 Å². The Balaban J connectivity index is 2.09. The molecule has 0 saturated heterocycles. The van der Waals surface area contributed by atoms with E-state index in [1.54, 1.807) is 19.2 Å². The molecular weight excluding hydrogens is 333 g/mol. The Hall–Kier alpha value is -2.39. The standard InChI is InChI=1S/C21H24FNO3/c1-3-12-26-16-20(24)15-23(13-17-8-10-19(22)11-9-17)14-18-6-4-5-7-21(18)25-2/h1,4-11,20,24H,12-16H2,2H3/t20-/m1/s1. The van der Waals surface area contributed by atoms with E-state index in [0.29, 0.717) is 19.6 Å². The lowest BCUT2D eigenvalue weighted by Gasteiger charge is -2.26. The van der Waals surface area contributed by atoms with Crippen molar-refractivity contribution in [3.05, 3.63) is 65.5 Å². The molecule has 138 valence electrons. The summed E-state index contributed by atoms with van der Waals surface area (Å²) >= 11 is 0. The number of hydrogen-bond acceptors (Lipinski definition) is 4. The normalized spacial score (nSPS) is 12.0. The van der Waals surface area contributed by atoms with Gasteiger partial charge in [-0.25, -0.2) is 4.39 Å². The monoisotopic (exact) mass is 357 g/mol. The second-order valence-electron chi connectivity index (χ2n) is 5.98. The lowest BCUT2D eigenvalue weighted by molar-refractivity contribution is 0.0242. The first-order valence-electron chi connectivity index (χ1n) is 8.40. The fourth-order valence-electron chi connectivity index (χ4n) is 2.71. The van der Waals surface area contributed by atoms with Gasteiger partial charge < -0.3 is 14.6 Å². The van der Waals surface area contributed by atoms with Gasteiger partial charge in [0, 0.05) is 25.2 Å². The SMILES string of the molecule is C#CCOC[C@H](O)CN(Cc1ccc(F)cc1)Cc1ccccc1OC. The molecule has 0 radical (unpaired) electrons. The zero-order valence-electron chi connectivity index (χ0n) is 14.9. The zero-order valence-corrected chi connectivity index (χ0v) is 14.9. The number of methoxy groups -OCH3 is 1. The average Bonchev–Trinajstić information content (AvgIpc) is 2.64. The summed E-state index contributed by atoms with van der Waals surface area (Å²) in [5.74, 6) is 2.89. The third kappa shape index (κ3) is 6.49. The van der Waals surface area contributed by atoms with Crippen LogP contribution in [0.2, 0.25) is 0 Å². The number of aliphatic hydroxyl groups is 1. The van der Waals surface area contributed by atoms with Crippen LogP contribution in [-0.2, 0) is 17.8 Å². The summed E-state index contributed by atoms with van der Waals surface area (Å²) in [5, 5.41) is 10.2. The second-order valence-corrected chi connectivity index (χ2v) is 5.98. The molecule has 0 unspecified atom stereocenters. The molecule has 0 bridgehead atoms. The molecule has 0 aliphatic heterocycles. The predicted molar refractivity (Wildman–Crippen MR) is 99.2 cm³/mol. The molecule has 0 aromatic heterocycles. The van der Waals surface area contributed by atoms with Crippen molar-refractivity contribution in [1.29, 1.82) is 0 Å². The molecule has 2 aromatic carbocycles. The third-order valence-electron chi connectivity index (χ3n) is 3.87. The van der Waals surface area contributed by atoms with Gasteiger partial charge in [-0.05, 0) is 23.8 Å². The average molecular weight is 357 g/mol. The van der Waals surface area contributed by atoms with Gasteiger partial charge in [-0.2, -0.15) is 0 Å². The number of benzene rings is 2. The minimum Gasteiger partial charge on any atom is -0.496 e. The highest BCUT2D eigenvalue weighted by Crippen LogP contribution is 2.20. The predicted octanol–water partition coefficient (Wildman–Crippen LogP) is 2.85. The van der Waals surface area contributed by atoms with Crippen LogP contribution < -0.4 is 4.74 Å². The molecule has 0 aliphatic rings. The molecule has 1 atom stereocenters. The number of ether oxygens (including phenoxy) is 2. The summed E-state index contributed by atoms with van der Waals surface area (Å²) in [7, 11) is 1.63. The van der Waals surface area contributed by atoms with Crippen LogP contribution in [0.5, 0.6) is 5.75 Å². The number of nitrogens with zero attached hydrogens (tertiary/aromatic N) is 1. The molecule has 0 heterocycles. The summed E-state index contributed by atoms with van der Waals surface area (Å²) in [5.41, 5.74) is 1.96. The Labute approximate surface area is 154 Å². The first-order chi connectivity index (χ1) is 12.6. The highest BCUT2D eigenvalue weighted by molar-refractivity contribution is 5.33. The Morgan fingerprint density at radius 1 is 1.15 bits per heavy atom. The molecule has 4 nitrogen and oxygen atoms in total. The summed E-state index contributed by atoms with van der Waals surface area (Å²) < 4.78 is 23.8. The number of hydrogen-bond donors (Lipinski definition) is 1. The van der Waals surface area contributed by atoms with E-state index in [1.807, 2.05) is 24.3 Å². The summed E-state index contributed by atoms with van der Waals surface area (Å²) in [6.07, 6.45) is 4.47. The number of terminal acetylenes is 1. The fraction of sp³-hybridized carbons (Fsp3) is 0.333. The summed E-state index contributed by atoms with van der Waals surface area (Å²) in [6, 6.07) is 14.1. The number of para-hydroxylation sites is 1. The van der Waals surface area contributed by atoms with Crippen LogP contribution in [-0.4, -0.2) is 43.0 Å². The first-order valence-corrected chi connectivity index (χ1v) is 8.40. The molecular formula is C21H24FNO3. The highest BCUT2D eigenvalue weighted by atomic mass is 19.1. The Morgan fingerprint density at radius 2 is 1.88 bits per heavy atom. The lowest BCUT2D eigenvalue weighted by Crippen LogP contribution is -2.34. The van der Waals surface area contributed by atoms with Gasteiger partial charge >= 0.3 is 0 Å². The van der Waals surface area contributed by atoms with E-state index in [1.165, 1.54) is 12.1 Å². The van der Waals surface area contributed by atoms with E-state index < -0.39 is 6.10 Å². The Kier molecular flexibility index (Phi) is 8.10. The van der Waals surface area contributed by atoms with Gasteiger partial charge in [0.2, 0.25) is 0 Å². The Morgan fingerprint density at radius 3 is 2.58 bits per heavy atom. The third-order valence-corrected chi connectivity index (χ3v) is 3.87. The van der Waals surface area contributed by atoms with Crippen molar-refractivity contribution in [3.8, 4) is 18.1 Å². The summed E-state index contributed by atoms with van der Waals surface area (Å²) in [6.45, 7) is 1.86. The van der Waals surface area contributed by atoms with Gasteiger partial charge in [-0.15, -0.1) is 6.42 Å². The maximum atomic E-state index is 13.1. The maximum Gasteiger partial charge on any atom is 0.123 e. The lowest BCUT2D eigenvalue weighted by atomic mass is 10.1. The molecule has 0 aliphatic carbocycles. The van der Waals surface area contributed by atoms with Crippen molar-refractivity contribution in [3.63, 3.8) is 0 Å². The van der Waals surface area contributed by atoms with E-state index in [4.69, 9.17) is 15.9 Å². The largest absolute Gasteiger partial charge is 0.496 e. The van der Waals surface area contributed by atoms with E-state index in [-0.39, 0.29) is 19.0 Å². The molecule has 0 fully saturated rings. The van der Waals surface area contributed by atoms with Gasteiger partial charge in [0.25, 0.3) is 0 Å². The van der Waals surface area contributed by atoms with Crippen LogP contribution >= 0.6 is 0 Å². The van der Waals surface area contributed by atoms with Crippen LogP contribution in [0.4, 0.5) is 4.39 Å². The van der Waals surface area contributed by atoms with Gasteiger partial charge in [0.15, 0.2) is 0 Å². The zero-order chi connectivity index (χ0) is 18.8. The fourth-order valence-corrected chi connectivity index (χ4v) is 2.71. The van der Waals surface area contributed by atoms with E-state index >= 15 is 0 Å². The number of rotatable bonds is 10. The minimum atomic E-state index is -0.682. The smallest absolute Gasteiger partial charge is 0.123 e. The van der Waals surface area contributed by atoms with Crippen LogP contribution in [0.15, 0.2) is 48.5 Å². The van der Waals surface area contributed by atoms with Gasteiger partial charge in [0.05, 0.1) is 19.8 Å². The van der Waals surface area contributed by atoms with Crippen molar-refractivity contribution in [2.45, 2.75) is 19.2 Å². The van der Waals surface area contributed by atoms with E-state index in [9.17, 15) is 9.50 Å². The molecule has 0 saturated carbocycles. The van der Waals surface area contributed by atoms with Crippen molar-refractivity contribution in [2.24, 2.45) is 0 Å². The highest BCUT2D eigenvalue weighted by Gasteiger charge is 2.15. The Bertz CT molecular complexity index is 712. The second kappa shape index (κ2) is 10.6. The van der Waals surface area contributed by atoms with Crippen molar-refractivity contribution < 1.29 is 19.0 Å². The van der Waals surface area contributed by atoms with E-state index in [0.717, 1.165) is 16.9 Å². The van der Waals surface area contributed by atoms with Crippen LogP contribution in [0.3, 0.4) is 0 Å². The van der Waals surface area contributed by atoms with Crippen LogP contribution in [0, 0.1) is 18.2 Å². The molecule has 5 heteroatoms. The van der Waals surface area contributed by atoms with Crippen molar-refractivity contribution in [2.75, 3.05) is 26.9 Å². The van der Waals surface area contributed by atoms with Gasteiger partial charge in [-0.1, -0.05) is 36.3 Å². The van der Waals surface area contributed by atoms with Gasteiger partial charge in [0.1, 0.15) is 18.2 Å². The first kappa shape index (κ1) is 19.9. The molecule has 1 N–H and O–H groups in total. The van der Waals surface area contributed by atoms with Crippen LogP contribution in [0.25, 0.3) is 0 Å².